The molecule has 2 amide bonds. The number of hydrogen-bond acceptors (Lipinski definition) is 2. The quantitative estimate of drug-likeness (QED) is 0.824. The number of nitrogens with zero attached hydrogens (tertiary/aromatic N) is 1. The minimum Gasteiger partial charge on any atom is -0.481 e. The summed E-state index contributed by atoms with van der Waals surface area (Å²) < 4.78 is 0. The van der Waals surface area contributed by atoms with E-state index in [0.717, 1.165) is 22.4 Å². The number of nitrogens with one attached hydrogen (secondary N) is 1. The van der Waals surface area contributed by atoms with E-state index in [4.69, 9.17) is 16.7 Å². The van der Waals surface area contributed by atoms with Crippen molar-refractivity contribution in [3.63, 3.8) is 0 Å². The lowest BCUT2D eigenvalue weighted by molar-refractivity contribution is -0.143. The third kappa shape index (κ3) is 4.17. The van der Waals surface area contributed by atoms with Gasteiger partial charge in [-0.15, -0.1) is 0 Å². The van der Waals surface area contributed by atoms with Crippen LogP contribution in [0.4, 0.5) is 10.5 Å². The van der Waals surface area contributed by atoms with Crippen LogP contribution in [-0.2, 0) is 4.79 Å². The first kappa shape index (κ1) is 18.3. The number of halogens is 1. The molecule has 0 spiro atoms. The molecule has 0 bridgehead atoms. The highest BCUT2D eigenvalue weighted by atomic mass is 35.5. The lowest BCUT2D eigenvalue weighted by atomic mass is 9.98. The summed E-state index contributed by atoms with van der Waals surface area (Å²) in [5.41, 5.74) is 3.69. The van der Waals surface area contributed by atoms with Crippen molar-refractivity contribution >= 4 is 29.3 Å². The normalized spacial score (nSPS) is 17.0. The van der Waals surface area contributed by atoms with Crippen LogP contribution in [0.2, 0.25) is 5.02 Å². The number of aryl methyl sites for hydroxylation is 1. The molecule has 0 saturated carbocycles. The fraction of sp³-hybridized carbons (Fsp3) is 0.300. The van der Waals surface area contributed by atoms with E-state index in [-0.39, 0.29) is 12.6 Å². The molecule has 1 fully saturated rings. The number of urea groups is 1. The zero-order valence-corrected chi connectivity index (χ0v) is 15.3. The van der Waals surface area contributed by atoms with Gasteiger partial charge in [0.25, 0.3) is 0 Å². The average molecular weight is 373 g/mol. The van der Waals surface area contributed by atoms with Gasteiger partial charge < -0.3 is 15.3 Å². The van der Waals surface area contributed by atoms with E-state index >= 15 is 0 Å². The van der Waals surface area contributed by atoms with E-state index < -0.39 is 11.9 Å². The Labute approximate surface area is 157 Å². The lowest BCUT2D eigenvalue weighted by Crippen LogP contribution is -2.44. The van der Waals surface area contributed by atoms with Gasteiger partial charge in [-0.2, -0.15) is 0 Å². The molecule has 0 aromatic heterocycles. The second-order valence-electron chi connectivity index (χ2n) is 6.59. The number of aliphatic carboxylic acids is 1. The summed E-state index contributed by atoms with van der Waals surface area (Å²) in [6.45, 7) is 2.76. The molecule has 1 heterocycles. The summed E-state index contributed by atoms with van der Waals surface area (Å²) in [6.07, 6.45) is 1.32. The summed E-state index contributed by atoms with van der Waals surface area (Å²) in [5.74, 6) is -1.33. The van der Waals surface area contributed by atoms with Crippen molar-refractivity contribution in [1.82, 2.24) is 4.90 Å². The third-order valence-electron chi connectivity index (χ3n) is 4.68. The van der Waals surface area contributed by atoms with Crippen LogP contribution in [0.15, 0.2) is 42.5 Å². The average Bonchev–Trinajstić information content (AvgIpc) is 2.63. The van der Waals surface area contributed by atoms with Gasteiger partial charge in [-0.3, -0.25) is 4.79 Å². The molecule has 1 aliphatic heterocycles. The third-order valence-corrected chi connectivity index (χ3v) is 4.92. The molecule has 0 radical (unpaired) electrons. The van der Waals surface area contributed by atoms with Crippen molar-refractivity contribution in [2.75, 3.05) is 18.4 Å². The molecular weight excluding hydrogens is 352 g/mol. The van der Waals surface area contributed by atoms with E-state index in [9.17, 15) is 9.59 Å². The minimum atomic E-state index is -0.843. The maximum absolute atomic E-state index is 12.5. The number of carbonyl (C=O) groups excluding carboxylic acids is 1. The summed E-state index contributed by atoms with van der Waals surface area (Å²) >= 11 is 6.05. The molecule has 136 valence electrons. The molecule has 26 heavy (non-hydrogen) atoms. The number of piperidine rings is 1. The van der Waals surface area contributed by atoms with E-state index in [1.54, 1.807) is 4.90 Å². The van der Waals surface area contributed by atoms with Crippen molar-refractivity contribution in [2.45, 2.75) is 19.8 Å². The smallest absolute Gasteiger partial charge is 0.321 e. The number of rotatable bonds is 3. The van der Waals surface area contributed by atoms with E-state index in [1.807, 2.05) is 49.4 Å². The van der Waals surface area contributed by atoms with Crippen LogP contribution in [0.5, 0.6) is 0 Å². The van der Waals surface area contributed by atoms with E-state index in [0.29, 0.717) is 24.4 Å². The number of anilines is 1. The molecule has 5 nitrogen and oxygen atoms in total. The predicted molar refractivity (Wildman–Crippen MR) is 103 cm³/mol. The van der Waals surface area contributed by atoms with E-state index in [2.05, 4.69) is 5.32 Å². The second kappa shape index (κ2) is 7.79. The van der Waals surface area contributed by atoms with Crippen LogP contribution < -0.4 is 5.32 Å². The fourth-order valence-corrected chi connectivity index (χ4v) is 3.40. The van der Waals surface area contributed by atoms with Crippen LogP contribution >= 0.6 is 11.6 Å². The first-order valence-electron chi connectivity index (χ1n) is 8.59. The molecule has 1 saturated heterocycles. The van der Waals surface area contributed by atoms with Gasteiger partial charge in [0.1, 0.15) is 0 Å². The Morgan fingerprint density at radius 1 is 1.19 bits per heavy atom. The molecular formula is C20H21ClN2O3. The maximum atomic E-state index is 12.5. The van der Waals surface area contributed by atoms with Crippen molar-refractivity contribution in [3.05, 3.63) is 53.1 Å². The van der Waals surface area contributed by atoms with Gasteiger partial charge in [0.2, 0.25) is 0 Å². The first-order valence-corrected chi connectivity index (χ1v) is 8.97. The van der Waals surface area contributed by atoms with Gasteiger partial charge in [-0.25, -0.2) is 4.79 Å². The van der Waals surface area contributed by atoms with Crippen LogP contribution in [0.3, 0.4) is 0 Å². The molecule has 2 aromatic carbocycles. The molecule has 1 atom stereocenters. The van der Waals surface area contributed by atoms with Gasteiger partial charge in [-0.05, 0) is 60.7 Å². The van der Waals surface area contributed by atoms with Gasteiger partial charge in [0.05, 0.1) is 5.92 Å². The predicted octanol–water partition coefficient (Wildman–Crippen LogP) is 4.64. The van der Waals surface area contributed by atoms with E-state index in [1.165, 1.54) is 0 Å². The molecule has 3 rings (SSSR count). The molecule has 1 unspecified atom stereocenters. The standard InChI is InChI=1S/C20H21ClN2O3/c1-13-10-15(14-4-2-6-17(21)11-14)7-8-18(13)22-20(26)23-9-3-5-16(12-23)19(24)25/h2,4,6-8,10-11,16H,3,5,9,12H2,1H3,(H,22,26)(H,24,25). The molecule has 2 aromatic rings. The highest BCUT2D eigenvalue weighted by Crippen LogP contribution is 2.27. The Morgan fingerprint density at radius 2 is 1.96 bits per heavy atom. The molecule has 0 aliphatic carbocycles. The minimum absolute atomic E-state index is 0.251. The monoisotopic (exact) mass is 372 g/mol. The number of carboxylic acid groups (broad SMARTS) is 1. The zero-order chi connectivity index (χ0) is 18.7. The Hall–Kier alpha value is -2.53. The Kier molecular flexibility index (Phi) is 5.47. The molecule has 1 aliphatic rings. The van der Waals surface area contributed by atoms with Crippen molar-refractivity contribution in [1.29, 1.82) is 0 Å². The highest BCUT2D eigenvalue weighted by Gasteiger charge is 2.28. The number of hydrogen-bond donors (Lipinski definition) is 2. The summed E-state index contributed by atoms with van der Waals surface area (Å²) in [5, 5.41) is 12.7. The maximum Gasteiger partial charge on any atom is 0.321 e. The van der Waals surface area contributed by atoms with Crippen molar-refractivity contribution in [3.8, 4) is 11.1 Å². The SMILES string of the molecule is Cc1cc(-c2cccc(Cl)c2)ccc1NC(=O)N1CCCC(C(=O)O)C1. The number of amides is 2. The number of benzene rings is 2. The van der Waals surface area contributed by atoms with Crippen LogP contribution in [0.25, 0.3) is 11.1 Å². The fourth-order valence-electron chi connectivity index (χ4n) is 3.21. The zero-order valence-electron chi connectivity index (χ0n) is 14.5. The number of likely N-dealkylation sites (tertiary alicyclic amines) is 1. The molecule has 2 N–H and O–H groups in total. The van der Waals surface area contributed by atoms with Crippen molar-refractivity contribution in [2.24, 2.45) is 5.92 Å². The largest absolute Gasteiger partial charge is 0.481 e. The van der Waals surface area contributed by atoms with Gasteiger partial charge in [0.15, 0.2) is 0 Å². The van der Waals surface area contributed by atoms with Crippen LogP contribution in [0.1, 0.15) is 18.4 Å². The Bertz CT molecular complexity index is 838. The summed E-state index contributed by atoms with van der Waals surface area (Å²) in [6, 6.07) is 13.2. The Morgan fingerprint density at radius 3 is 2.65 bits per heavy atom. The van der Waals surface area contributed by atoms with Gasteiger partial charge in [0, 0.05) is 23.8 Å². The number of carbonyl (C=O) groups is 2. The molecule has 6 heteroatoms. The topological polar surface area (TPSA) is 69.6 Å². The highest BCUT2D eigenvalue weighted by molar-refractivity contribution is 6.30. The second-order valence-corrected chi connectivity index (χ2v) is 7.03. The summed E-state index contributed by atoms with van der Waals surface area (Å²) in [4.78, 5) is 25.2. The van der Waals surface area contributed by atoms with Crippen LogP contribution in [-0.4, -0.2) is 35.1 Å². The van der Waals surface area contributed by atoms with Crippen LogP contribution in [0, 0.1) is 12.8 Å². The van der Waals surface area contributed by atoms with Gasteiger partial charge >= 0.3 is 12.0 Å². The number of carboxylic acids is 1. The van der Waals surface area contributed by atoms with Crippen molar-refractivity contribution < 1.29 is 14.7 Å². The van der Waals surface area contributed by atoms with Gasteiger partial charge in [-0.1, -0.05) is 29.8 Å². The lowest BCUT2D eigenvalue weighted by Gasteiger charge is -2.30. The first-order chi connectivity index (χ1) is 12.4. The summed E-state index contributed by atoms with van der Waals surface area (Å²) in [7, 11) is 0. The Balaban J connectivity index is 1.72.